The Kier molecular flexibility index (Phi) is 7.07. The summed E-state index contributed by atoms with van der Waals surface area (Å²) in [5.74, 6) is -0.203. The molecule has 0 aliphatic rings. The number of ketones is 1. The second-order valence-corrected chi connectivity index (χ2v) is 7.64. The Labute approximate surface area is 174 Å². The number of Topliss-reactive ketones (excluding diaryl/α,β-unsaturated/α-hetero) is 1. The molecule has 3 aromatic rings. The number of hydrogen-bond acceptors (Lipinski definition) is 2. The molecule has 5 heteroatoms. The predicted octanol–water partition coefficient (Wildman–Crippen LogP) is 5.86. The number of rotatable bonds is 8. The van der Waals surface area contributed by atoms with Crippen LogP contribution in [0.1, 0.15) is 35.2 Å². The summed E-state index contributed by atoms with van der Waals surface area (Å²) in [7, 11) is 0. The Morgan fingerprint density at radius 1 is 0.821 bits per heavy atom. The number of hydrogen-bond donors (Lipinski definition) is 1. The molecular formula is C23H21Cl2NO2. The van der Waals surface area contributed by atoms with Crippen LogP contribution < -0.4 is 5.32 Å². The van der Waals surface area contributed by atoms with Gasteiger partial charge in [0.15, 0.2) is 5.78 Å². The van der Waals surface area contributed by atoms with Crippen LogP contribution in [0.2, 0.25) is 10.0 Å². The van der Waals surface area contributed by atoms with Gasteiger partial charge in [-0.3, -0.25) is 9.59 Å². The van der Waals surface area contributed by atoms with Crippen LogP contribution >= 0.6 is 23.2 Å². The smallest absolute Gasteiger partial charge is 0.251 e. The topological polar surface area (TPSA) is 46.2 Å². The van der Waals surface area contributed by atoms with Crippen molar-refractivity contribution in [3.05, 3.63) is 81.8 Å². The maximum atomic E-state index is 12.3. The Bertz CT molecular complexity index is 981. The summed E-state index contributed by atoms with van der Waals surface area (Å²) in [4.78, 5) is 24.3. The summed E-state index contributed by atoms with van der Waals surface area (Å²) in [6.45, 7) is 0.0503. The lowest BCUT2D eigenvalue weighted by Crippen LogP contribution is -2.29. The van der Waals surface area contributed by atoms with E-state index in [0.29, 0.717) is 22.0 Å². The third-order valence-electron chi connectivity index (χ3n) is 4.55. The lowest BCUT2D eigenvalue weighted by molar-refractivity contribution is -0.118. The van der Waals surface area contributed by atoms with Crippen molar-refractivity contribution in [1.82, 2.24) is 5.32 Å². The maximum absolute atomic E-state index is 12.3. The van der Waals surface area contributed by atoms with Crippen LogP contribution in [-0.4, -0.2) is 18.2 Å². The molecule has 0 saturated carbocycles. The van der Waals surface area contributed by atoms with Crippen molar-refractivity contribution in [2.75, 3.05) is 6.54 Å². The molecule has 0 saturated heterocycles. The van der Waals surface area contributed by atoms with Crippen LogP contribution in [0.4, 0.5) is 0 Å². The van der Waals surface area contributed by atoms with Gasteiger partial charge in [-0.15, -0.1) is 0 Å². The lowest BCUT2D eigenvalue weighted by Gasteiger charge is -2.07. The van der Waals surface area contributed by atoms with Crippen molar-refractivity contribution < 1.29 is 9.59 Å². The molecule has 1 amide bonds. The zero-order chi connectivity index (χ0) is 19.9. The van der Waals surface area contributed by atoms with E-state index >= 15 is 0 Å². The zero-order valence-corrected chi connectivity index (χ0v) is 16.9. The molecule has 3 rings (SSSR count). The molecule has 0 radical (unpaired) electrons. The molecule has 0 aliphatic carbocycles. The van der Waals surface area contributed by atoms with Gasteiger partial charge in [-0.25, -0.2) is 0 Å². The molecule has 0 atom stereocenters. The fraction of sp³-hybridized carbons (Fsp3) is 0.217. The van der Waals surface area contributed by atoms with Gasteiger partial charge < -0.3 is 5.32 Å². The van der Waals surface area contributed by atoms with E-state index in [1.165, 1.54) is 0 Å². The van der Waals surface area contributed by atoms with Crippen molar-refractivity contribution >= 4 is 45.7 Å². The number of benzene rings is 3. The fourth-order valence-corrected chi connectivity index (χ4v) is 3.68. The minimum absolute atomic E-state index is 0.0262. The van der Waals surface area contributed by atoms with E-state index in [4.69, 9.17) is 23.2 Å². The molecule has 1 N–H and O–H groups in total. The van der Waals surface area contributed by atoms with Gasteiger partial charge in [-0.1, -0.05) is 53.5 Å². The second kappa shape index (κ2) is 9.72. The van der Waals surface area contributed by atoms with E-state index in [9.17, 15) is 9.59 Å². The van der Waals surface area contributed by atoms with Gasteiger partial charge in [-0.05, 0) is 65.9 Å². The fourth-order valence-electron chi connectivity index (χ4n) is 3.11. The SMILES string of the molecule is O=C(CCCCc1cc(Cl)cc(Cl)c1)CNC(=O)c1ccc2ccccc2c1. The highest BCUT2D eigenvalue weighted by Gasteiger charge is 2.09. The summed E-state index contributed by atoms with van der Waals surface area (Å²) >= 11 is 12.0. The van der Waals surface area contributed by atoms with E-state index in [2.05, 4.69) is 5.32 Å². The average Bonchev–Trinajstić information content (AvgIpc) is 2.68. The number of carbonyl (C=O) groups excluding carboxylic acids is 2. The normalized spacial score (nSPS) is 10.8. The van der Waals surface area contributed by atoms with Gasteiger partial charge in [-0.2, -0.15) is 0 Å². The van der Waals surface area contributed by atoms with Gasteiger partial charge in [0, 0.05) is 22.0 Å². The highest BCUT2D eigenvalue weighted by molar-refractivity contribution is 6.34. The largest absolute Gasteiger partial charge is 0.345 e. The van der Waals surface area contributed by atoms with Crippen molar-refractivity contribution in [3.63, 3.8) is 0 Å². The molecule has 3 nitrogen and oxygen atoms in total. The molecule has 0 aliphatic heterocycles. The van der Waals surface area contributed by atoms with E-state index < -0.39 is 0 Å². The minimum atomic E-state index is -0.229. The molecule has 0 fully saturated rings. The first-order valence-electron chi connectivity index (χ1n) is 9.25. The Morgan fingerprint density at radius 2 is 1.54 bits per heavy atom. The van der Waals surface area contributed by atoms with Crippen molar-refractivity contribution in [3.8, 4) is 0 Å². The summed E-state index contributed by atoms with van der Waals surface area (Å²) in [5, 5.41) is 6.04. The summed E-state index contributed by atoms with van der Waals surface area (Å²) in [5.41, 5.74) is 1.62. The van der Waals surface area contributed by atoms with Gasteiger partial charge in [0.2, 0.25) is 0 Å². The number of nitrogens with one attached hydrogen (secondary N) is 1. The van der Waals surface area contributed by atoms with Crippen molar-refractivity contribution in [2.45, 2.75) is 25.7 Å². The van der Waals surface area contributed by atoms with Crippen LogP contribution in [0.25, 0.3) is 10.8 Å². The van der Waals surface area contributed by atoms with Crippen LogP contribution in [0.5, 0.6) is 0 Å². The standard InChI is InChI=1S/C23H21Cl2NO2/c24-20-11-16(12-21(25)14-20)5-1-4-8-22(27)15-26-23(28)19-10-9-17-6-2-3-7-18(17)13-19/h2-3,6-7,9-14H,1,4-5,8,15H2,(H,26,28). The summed E-state index contributed by atoms with van der Waals surface area (Å²) in [6.07, 6.45) is 2.87. The van der Waals surface area contributed by atoms with Crippen LogP contribution in [0.3, 0.4) is 0 Å². The third kappa shape index (κ3) is 5.82. The summed E-state index contributed by atoms with van der Waals surface area (Å²) < 4.78 is 0. The number of unbranched alkanes of at least 4 members (excludes halogenated alkanes) is 1. The van der Waals surface area contributed by atoms with Crippen LogP contribution in [0, 0.1) is 0 Å². The van der Waals surface area contributed by atoms with Crippen molar-refractivity contribution in [1.29, 1.82) is 0 Å². The molecule has 28 heavy (non-hydrogen) atoms. The monoisotopic (exact) mass is 413 g/mol. The average molecular weight is 414 g/mol. The molecular weight excluding hydrogens is 393 g/mol. The number of amides is 1. The van der Waals surface area contributed by atoms with Crippen LogP contribution in [0.15, 0.2) is 60.7 Å². The zero-order valence-electron chi connectivity index (χ0n) is 15.4. The number of fused-ring (bicyclic) bond motifs is 1. The number of halogens is 2. The molecule has 0 aromatic heterocycles. The molecule has 144 valence electrons. The molecule has 3 aromatic carbocycles. The lowest BCUT2D eigenvalue weighted by atomic mass is 10.1. The quantitative estimate of drug-likeness (QED) is 0.470. The maximum Gasteiger partial charge on any atom is 0.251 e. The molecule has 0 bridgehead atoms. The van der Waals surface area contributed by atoms with Crippen LogP contribution in [-0.2, 0) is 11.2 Å². The van der Waals surface area contributed by atoms with E-state index in [1.54, 1.807) is 12.1 Å². The number of aryl methyl sites for hydroxylation is 1. The van der Waals surface area contributed by atoms with Gasteiger partial charge in [0.1, 0.15) is 0 Å². The summed E-state index contributed by atoms with van der Waals surface area (Å²) in [6, 6.07) is 18.9. The number of carbonyl (C=O) groups is 2. The highest BCUT2D eigenvalue weighted by Crippen LogP contribution is 2.20. The van der Waals surface area contributed by atoms with Gasteiger partial charge in [0.25, 0.3) is 5.91 Å². The van der Waals surface area contributed by atoms with E-state index in [0.717, 1.165) is 35.6 Å². The van der Waals surface area contributed by atoms with Crippen molar-refractivity contribution in [2.24, 2.45) is 0 Å². The van der Waals surface area contributed by atoms with Gasteiger partial charge in [0.05, 0.1) is 6.54 Å². The third-order valence-corrected chi connectivity index (χ3v) is 4.99. The minimum Gasteiger partial charge on any atom is -0.345 e. The first-order chi connectivity index (χ1) is 13.5. The van der Waals surface area contributed by atoms with E-state index in [-0.39, 0.29) is 18.2 Å². The Balaban J connectivity index is 1.41. The highest BCUT2D eigenvalue weighted by atomic mass is 35.5. The first kappa shape index (κ1) is 20.4. The van der Waals surface area contributed by atoms with E-state index in [1.807, 2.05) is 48.5 Å². The molecule has 0 heterocycles. The van der Waals surface area contributed by atoms with Gasteiger partial charge >= 0.3 is 0 Å². The second-order valence-electron chi connectivity index (χ2n) is 6.77. The molecule has 0 unspecified atom stereocenters. The Morgan fingerprint density at radius 3 is 2.29 bits per heavy atom. The first-order valence-corrected chi connectivity index (χ1v) is 10.0. The Hall–Kier alpha value is -2.36. The predicted molar refractivity (Wildman–Crippen MR) is 115 cm³/mol. The molecule has 0 spiro atoms.